The molecule has 1 radical (unpaired) electrons. The maximum Gasteiger partial charge on any atom is 0.238 e. The first-order valence-corrected chi connectivity index (χ1v) is 6.16. The summed E-state index contributed by atoms with van der Waals surface area (Å²) in [5.74, 6) is 0. The summed E-state index contributed by atoms with van der Waals surface area (Å²) in [5, 5.41) is 6.68. The molecule has 2 rings (SSSR count). The number of nitrogens with two attached hydrogens (primary N) is 1. The molecule has 0 amide bonds. The number of rotatable bonds is 1. The second-order valence-electron chi connectivity index (χ2n) is 3.18. The lowest BCUT2D eigenvalue weighted by Gasteiger charge is -2.02. The van der Waals surface area contributed by atoms with Crippen molar-refractivity contribution in [1.82, 2.24) is 0 Å². The minimum absolute atomic E-state index is 0.107. The summed E-state index contributed by atoms with van der Waals surface area (Å²) in [7, 11) is -3.64. The number of sulfonamides is 1. The van der Waals surface area contributed by atoms with E-state index in [9.17, 15) is 8.42 Å². The zero-order valence-electron chi connectivity index (χ0n) is 7.67. The van der Waals surface area contributed by atoms with Gasteiger partial charge in [0.05, 0.1) is 4.90 Å². The number of hydrogen-bond donors (Lipinski definition) is 1. The third-order valence-electron chi connectivity index (χ3n) is 2.14. The largest absolute Gasteiger partial charge is 0.238 e. The van der Waals surface area contributed by atoms with E-state index in [4.69, 9.17) is 17.8 Å². The standard InChI is InChI=1S/C10H8NO2S2/c11-15(12,13)8-4-5-9-7(6-8)2-1-3-10(9)14/h1-6H,(H2,11,12,13). The Hall–Kier alpha value is -1.17. The minimum atomic E-state index is -3.64. The lowest BCUT2D eigenvalue weighted by molar-refractivity contribution is 0.598. The zero-order valence-corrected chi connectivity index (χ0v) is 9.31. The minimum Gasteiger partial charge on any atom is -0.225 e. The Morgan fingerprint density at radius 2 is 1.87 bits per heavy atom. The van der Waals surface area contributed by atoms with E-state index in [2.05, 4.69) is 0 Å². The molecule has 0 aromatic heterocycles. The summed E-state index contributed by atoms with van der Waals surface area (Å²) in [5.41, 5.74) is 0. The number of benzene rings is 2. The van der Waals surface area contributed by atoms with E-state index in [1.807, 2.05) is 0 Å². The Kier molecular flexibility index (Phi) is 2.38. The molecule has 77 valence electrons. The highest BCUT2D eigenvalue weighted by atomic mass is 32.2. The van der Waals surface area contributed by atoms with Crippen molar-refractivity contribution in [1.29, 1.82) is 0 Å². The van der Waals surface area contributed by atoms with Crippen molar-refractivity contribution in [2.24, 2.45) is 5.14 Å². The Morgan fingerprint density at radius 3 is 2.53 bits per heavy atom. The Bertz CT molecular complexity index is 620. The average Bonchev–Trinajstić information content (AvgIpc) is 2.16. The third-order valence-corrected chi connectivity index (χ3v) is 3.41. The van der Waals surface area contributed by atoms with Crippen LogP contribution < -0.4 is 5.14 Å². The van der Waals surface area contributed by atoms with Crippen LogP contribution in [0.15, 0.2) is 46.2 Å². The van der Waals surface area contributed by atoms with Crippen LogP contribution in [0.3, 0.4) is 0 Å². The summed E-state index contributed by atoms with van der Waals surface area (Å²) in [6.45, 7) is 0. The molecule has 0 aliphatic rings. The Labute approximate surface area is 93.4 Å². The predicted molar refractivity (Wildman–Crippen MR) is 61.2 cm³/mol. The van der Waals surface area contributed by atoms with Gasteiger partial charge in [-0.2, -0.15) is 0 Å². The van der Waals surface area contributed by atoms with Crippen LogP contribution in [0.1, 0.15) is 0 Å². The van der Waals surface area contributed by atoms with Crippen LogP contribution in [0.5, 0.6) is 0 Å². The van der Waals surface area contributed by atoms with E-state index in [-0.39, 0.29) is 4.90 Å². The normalized spacial score (nSPS) is 11.8. The van der Waals surface area contributed by atoms with Gasteiger partial charge in [-0.25, -0.2) is 13.6 Å². The van der Waals surface area contributed by atoms with Gasteiger partial charge in [-0.1, -0.05) is 30.8 Å². The van der Waals surface area contributed by atoms with E-state index in [0.29, 0.717) is 4.90 Å². The molecule has 0 saturated heterocycles. The van der Waals surface area contributed by atoms with Crippen molar-refractivity contribution in [3.8, 4) is 0 Å². The first-order chi connectivity index (χ1) is 6.98. The van der Waals surface area contributed by atoms with Crippen LogP contribution in [0.2, 0.25) is 0 Å². The predicted octanol–water partition coefficient (Wildman–Crippen LogP) is 2.04. The zero-order chi connectivity index (χ0) is 11.1. The van der Waals surface area contributed by atoms with E-state index < -0.39 is 10.0 Å². The van der Waals surface area contributed by atoms with Crippen LogP contribution in [0, 0.1) is 0 Å². The van der Waals surface area contributed by atoms with E-state index in [1.54, 1.807) is 24.3 Å². The van der Waals surface area contributed by atoms with Gasteiger partial charge in [0.25, 0.3) is 0 Å². The van der Waals surface area contributed by atoms with E-state index in [0.717, 1.165) is 10.8 Å². The molecular weight excluding hydrogens is 230 g/mol. The van der Waals surface area contributed by atoms with Crippen molar-refractivity contribution in [2.75, 3.05) is 0 Å². The van der Waals surface area contributed by atoms with Gasteiger partial charge in [-0.3, -0.25) is 0 Å². The van der Waals surface area contributed by atoms with Gasteiger partial charge in [0.15, 0.2) is 0 Å². The molecule has 0 saturated carbocycles. The van der Waals surface area contributed by atoms with Gasteiger partial charge in [0.2, 0.25) is 10.0 Å². The van der Waals surface area contributed by atoms with Crippen molar-refractivity contribution >= 4 is 33.4 Å². The quantitative estimate of drug-likeness (QED) is 0.826. The highest BCUT2D eigenvalue weighted by Gasteiger charge is 2.08. The lowest BCUT2D eigenvalue weighted by Crippen LogP contribution is -2.11. The molecule has 0 heterocycles. The number of primary sulfonamides is 1. The fraction of sp³-hybridized carbons (Fsp3) is 0. The first kappa shape index (κ1) is 10.4. The molecule has 0 aliphatic heterocycles. The second kappa shape index (κ2) is 3.44. The maximum atomic E-state index is 11.1. The molecule has 0 fully saturated rings. The van der Waals surface area contributed by atoms with Crippen molar-refractivity contribution in [3.05, 3.63) is 36.4 Å². The first-order valence-electron chi connectivity index (χ1n) is 4.21. The maximum absolute atomic E-state index is 11.1. The SMILES string of the molecule is NS(=O)(=O)c1ccc2c([S])cccc2c1. The Balaban J connectivity index is 2.79. The molecule has 0 unspecified atom stereocenters. The fourth-order valence-corrected chi connectivity index (χ4v) is 2.22. The topological polar surface area (TPSA) is 60.2 Å². The van der Waals surface area contributed by atoms with Gasteiger partial charge in [0, 0.05) is 4.90 Å². The van der Waals surface area contributed by atoms with Crippen molar-refractivity contribution in [2.45, 2.75) is 9.79 Å². The summed E-state index contributed by atoms with van der Waals surface area (Å²) >= 11 is 5.11. The average molecular weight is 238 g/mol. The smallest absolute Gasteiger partial charge is 0.225 e. The molecule has 0 atom stereocenters. The van der Waals surface area contributed by atoms with Gasteiger partial charge in [-0.15, -0.1) is 0 Å². The molecule has 15 heavy (non-hydrogen) atoms. The van der Waals surface area contributed by atoms with Crippen molar-refractivity contribution < 1.29 is 8.42 Å². The van der Waals surface area contributed by atoms with E-state index >= 15 is 0 Å². The molecule has 2 aromatic rings. The van der Waals surface area contributed by atoms with Crippen LogP contribution in [0.4, 0.5) is 0 Å². The molecular formula is C10H8NO2S2. The molecule has 2 aromatic carbocycles. The lowest BCUT2D eigenvalue weighted by atomic mass is 10.1. The van der Waals surface area contributed by atoms with Crippen molar-refractivity contribution in [3.63, 3.8) is 0 Å². The van der Waals surface area contributed by atoms with Crippen LogP contribution in [-0.2, 0) is 10.0 Å². The molecule has 5 heteroatoms. The molecule has 2 N–H and O–H groups in total. The summed E-state index contributed by atoms with van der Waals surface area (Å²) in [4.78, 5) is 0.809. The van der Waals surface area contributed by atoms with Crippen LogP contribution in [-0.4, -0.2) is 8.42 Å². The monoisotopic (exact) mass is 238 g/mol. The Morgan fingerprint density at radius 1 is 1.13 bits per heavy atom. The molecule has 3 nitrogen and oxygen atoms in total. The molecule has 0 aliphatic carbocycles. The number of fused-ring (bicyclic) bond motifs is 1. The fourth-order valence-electron chi connectivity index (χ4n) is 1.41. The third kappa shape index (κ3) is 1.94. The van der Waals surface area contributed by atoms with Crippen LogP contribution in [0.25, 0.3) is 10.8 Å². The summed E-state index contributed by atoms with van der Waals surface area (Å²) in [6.07, 6.45) is 0. The highest BCUT2D eigenvalue weighted by molar-refractivity contribution is 7.89. The molecule has 0 bridgehead atoms. The van der Waals surface area contributed by atoms with Gasteiger partial charge >= 0.3 is 0 Å². The van der Waals surface area contributed by atoms with Gasteiger partial charge in [-0.05, 0) is 29.0 Å². The number of hydrogen-bond acceptors (Lipinski definition) is 2. The molecule has 0 spiro atoms. The van der Waals surface area contributed by atoms with Crippen LogP contribution >= 0.6 is 12.6 Å². The van der Waals surface area contributed by atoms with Gasteiger partial charge < -0.3 is 0 Å². The second-order valence-corrected chi connectivity index (χ2v) is 5.19. The summed E-state index contributed by atoms with van der Waals surface area (Å²) in [6, 6.07) is 10.1. The van der Waals surface area contributed by atoms with E-state index in [1.165, 1.54) is 12.1 Å². The van der Waals surface area contributed by atoms with Gasteiger partial charge in [0.1, 0.15) is 0 Å². The highest BCUT2D eigenvalue weighted by Crippen LogP contribution is 2.23. The summed E-state index contributed by atoms with van der Waals surface area (Å²) < 4.78 is 22.2.